The van der Waals surface area contributed by atoms with E-state index in [4.69, 9.17) is 4.74 Å². The van der Waals surface area contributed by atoms with E-state index in [2.05, 4.69) is 5.32 Å². The third-order valence-electron chi connectivity index (χ3n) is 3.94. The van der Waals surface area contributed by atoms with Crippen LogP contribution in [0.15, 0.2) is 42.5 Å². The van der Waals surface area contributed by atoms with E-state index in [9.17, 15) is 13.2 Å². The Morgan fingerprint density at radius 2 is 1.85 bits per heavy atom. The first-order valence-corrected chi connectivity index (χ1v) is 10.6. The fourth-order valence-corrected chi connectivity index (χ4v) is 3.52. The van der Waals surface area contributed by atoms with Crippen LogP contribution in [0.1, 0.15) is 24.5 Å². The molecular weight excluding hydrogens is 364 g/mol. The third kappa shape index (κ3) is 5.72. The highest BCUT2D eigenvalue weighted by molar-refractivity contribution is 7.92. The van der Waals surface area contributed by atoms with Crippen molar-refractivity contribution in [2.24, 2.45) is 0 Å². The number of nitrogens with zero attached hydrogens (tertiary/aromatic N) is 1. The van der Waals surface area contributed by atoms with Crippen LogP contribution >= 0.6 is 0 Å². The second-order valence-electron chi connectivity index (χ2n) is 6.45. The molecule has 0 unspecified atom stereocenters. The monoisotopic (exact) mass is 390 g/mol. The predicted molar refractivity (Wildman–Crippen MR) is 109 cm³/mol. The van der Waals surface area contributed by atoms with E-state index in [1.807, 2.05) is 45.0 Å². The number of anilines is 2. The number of ether oxygens (including phenoxy) is 1. The van der Waals surface area contributed by atoms with Gasteiger partial charge in [-0.2, -0.15) is 0 Å². The van der Waals surface area contributed by atoms with E-state index in [0.29, 0.717) is 23.7 Å². The van der Waals surface area contributed by atoms with Crippen LogP contribution in [0.25, 0.3) is 0 Å². The van der Waals surface area contributed by atoms with Crippen molar-refractivity contribution < 1.29 is 17.9 Å². The SMILES string of the molecule is CCCOc1cc(C)ccc1NC(=O)CN(c1ccccc1C)S(C)(=O)=O. The third-order valence-corrected chi connectivity index (χ3v) is 5.07. The molecule has 0 aliphatic carbocycles. The lowest BCUT2D eigenvalue weighted by Gasteiger charge is -2.23. The van der Waals surface area contributed by atoms with E-state index in [0.717, 1.165) is 28.1 Å². The Bertz CT molecular complexity index is 910. The van der Waals surface area contributed by atoms with Gasteiger partial charge in [0.1, 0.15) is 12.3 Å². The van der Waals surface area contributed by atoms with Gasteiger partial charge < -0.3 is 10.1 Å². The summed E-state index contributed by atoms with van der Waals surface area (Å²) in [5.41, 5.74) is 2.80. The number of aryl methyl sites for hydroxylation is 2. The molecule has 7 heteroatoms. The number of carbonyl (C=O) groups excluding carboxylic acids is 1. The molecule has 0 bridgehead atoms. The summed E-state index contributed by atoms with van der Waals surface area (Å²) in [7, 11) is -3.62. The maximum Gasteiger partial charge on any atom is 0.245 e. The van der Waals surface area contributed by atoms with Gasteiger partial charge in [-0.25, -0.2) is 8.42 Å². The van der Waals surface area contributed by atoms with Gasteiger partial charge in [0.05, 0.1) is 24.2 Å². The Hall–Kier alpha value is -2.54. The molecule has 0 aliphatic rings. The zero-order chi connectivity index (χ0) is 20.0. The van der Waals surface area contributed by atoms with Gasteiger partial charge in [-0.05, 0) is 49.6 Å². The van der Waals surface area contributed by atoms with Crippen LogP contribution in [0.3, 0.4) is 0 Å². The smallest absolute Gasteiger partial charge is 0.245 e. The Morgan fingerprint density at radius 1 is 1.15 bits per heavy atom. The molecule has 0 saturated carbocycles. The van der Waals surface area contributed by atoms with Crippen LogP contribution < -0.4 is 14.4 Å². The molecule has 27 heavy (non-hydrogen) atoms. The van der Waals surface area contributed by atoms with Crippen LogP contribution in [0.4, 0.5) is 11.4 Å². The molecule has 2 aromatic carbocycles. The van der Waals surface area contributed by atoms with E-state index in [-0.39, 0.29) is 6.54 Å². The standard InChI is InChI=1S/C20H26N2O4S/c1-5-12-26-19-13-15(2)10-11-17(19)21-20(23)14-22(27(4,24)25)18-9-7-6-8-16(18)3/h6-11,13H,5,12,14H2,1-4H3,(H,21,23). The summed E-state index contributed by atoms with van der Waals surface area (Å²) >= 11 is 0. The Kier molecular flexibility index (Phi) is 6.85. The minimum Gasteiger partial charge on any atom is -0.491 e. The molecule has 1 amide bonds. The van der Waals surface area contributed by atoms with Crippen LogP contribution in [-0.2, 0) is 14.8 Å². The number of hydrogen-bond acceptors (Lipinski definition) is 4. The van der Waals surface area contributed by atoms with Crippen LogP contribution in [0, 0.1) is 13.8 Å². The van der Waals surface area contributed by atoms with Crippen molar-refractivity contribution in [3.8, 4) is 5.75 Å². The van der Waals surface area contributed by atoms with Crippen molar-refractivity contribution in [2.45, 2.75) is 27.2 Å². The quantitative estimate of drug-likeness (QED) is 0.749. The average Bonchev–Trinajstić information content (AvgIpc) is 2.59. The van der Waals surface area contributed by atoms with Crippen LogP contribution in [-0.4, -0.2) is 33.7 Å². The van der Waals surface area contributed by atoms with Crippen molar-refractivity contribution in [3.05, 3.63) is 53.6 Å². The summed E-state index contributed by atoms with van der Waals surface area (Å²) in [5, 5.41) is 2.77. The van der Waals surface area contributed by atoms with Gasteiger partial charge in [0.2, 0.25) is 15.9 Å². The largest absolute Gasteiger partial charge is 0.491 e. The fourth-order valence-electron chi connectivity index (χ4n) is 2.61. The van der Waals surface area contributed by atoms with E-state index < -0.39 is 15.9 Å². The number of amides is 1. The van der Waals surface area contributed by atoms with Gasteiger partial charge in [-0.3, -0.25) is 9.10 Å². The fraction of sp³-hybridized carbons (Fsp3) is 0.350. The lowest BCUT2D eigenvalue weighted by molar-refractivity contribution is -0.114. The topological polar surface area (TPSA) is 75.7 Å². The van der Waals surface area contributed by atoms with Gasteiger partial charge >= 0.3 is 0 Å². The molecule has 0 atom stereocenters. The highest BCUT2D eigenvalue weighted by Gasteiger charge is 2.22. The van der Waals surface area contributed by atoms with E-state index in [1.165, 1.54) is 0 Å². The number of sulfonamides is 1. The Labute approximate surface area is 161 Å². The van der Waals surface area contributed by atoms with E-state index >= 15 is 0 Å². The highest BCUT2D eigenvalue weighted by Crippen LogP contribution is 2.27. The first-order chi connectivity index (χ1) is 12.7. The minimum absolute atomic E-state index is 0.315. The molecule has 6 nitrogen and oxygen atoms in total. The molecule has 0 radical (unpaired) electrons. The summed E-state index contributed by atoms with van der Waals surface area (Å²) in [5.74, 6) is 0.140. The number of para-hydroxylation sites is 1. The van der Waals surface area contributed by atoms with Crippen molar-refractivity contribution in [2.75, 3.05) is 29.0 Å². The second kappa shape index (κ2) is 8.90. The van der Waals surface area contributed by atoms with Gasteiger partial charge in [0.15, 0.2) is 0 Å². The van der Waals surface area contributed by atoms with Gasteiger partial charge in [0.25, 0.3) is 0 Å². The molecule has 1 N–H and O–H groups in total. The van der Waals surface area contributed by atoms with Crippen molar-refractivity contribution >= 4 is 27.3 Å². The summed E-state index contributed by atoms with van der Waals surface area (Å²) in [6.07, 6.45) is 1.94. The van der Waals surface area contributed by atoms with Gasteiger partial charge in [-0.1, -0.05) is 31.2 Å². The van der Waals surface area contributed by atoms with Crippen LogP contribution in [0.5, 0.6) is 5.75 Å². The van der Waals surface area contributed by atoms with Crippen molar-refractivity contribution in [1.82, 2.24) is 0 Å². The number of benzene rings is 2. The number of rotatable bonds is 8. The first-order valence-electron chi connectivity index (χ1n) is 8.79. The van der Waals surface area contributed by atoms with Gasteiger partial charge in [0, 0.05) is 0 Å². The molecule has 0 fully saturated rings. The molecule has 0 saturated heterocycles. The Morgan fingerprint density at radius 3 is 2.48 bits per heavy atom. The molecule has 0 aromatic heterocycles. The molecule has 0 aliphatic heterocycles. The zero-order valence-electron chi connectivity index (χ0n) is 16.2. The predicted octanol–water partition coefficient (Wildman–Crippen LogP) is 3.50. The zero-order valence-corrected chi connectivity index (χ0v) is 17.0. The van der Waals surface area contributed by atoms with Crippen molar-refractivity contribution in [1.29, 1.82) is 0 Å². The second-order valence-corrected chi connectivity index (χ2v) is 8.36. The maximum absolute atomic E-state index is 12.6. The van der Waals surface area contributed by atoms with E-state index in [1.54, 1.807) is 18.2 Å². The summed E-state index contributed by atoms with van der Waals surface area (Å²) < 4.78 is 31.3. The molecule has 2 aromatic rings. The van der Waals surface area contributed by atoms with Gasteiger partial charge in [-0.15, -0.1) is 0 Å². The molecule has 146 valence electrons. The summed E-state index contributed by atoms with van der Waals surface area (Å²) in [6, 6.07) is 12.5. The molecular formula is C20H26N2O4S. The lowest BCUT2D eigenvalue weighted by atomic mass is 10.2. The number of hydrogen-bond donors (Lipinski definition) is 1. The van der Waals surface area contributed by atoms with Crippen molar-refractivity contribution in [3.63, 3.8) is 0 Å². The average molecular weight is 391 g/mol. The summed E-state index contributed by atoms with van der Waals surface area (Å²) in [4.78, 5) is 12.6. The number of carbonyl (C=O) groups is 1. The minimum atomic E-state index is -3.62. The summed E-state index contributed by atoms with van der Waals surface area (Å²) in [6.45, 7) is 5.96. The number of nitrogens with one attached hydrogen (secondary N) is 1. The highest BCUT2D eigenvalue weighted by atomic mass is 32.2. The Balaban J connectivity index is 2.24. The molecule has 0 spiro atoms. The lowest BCUT2D eigenvalue weighted by Crippen LogP contribution is -2.37. The molecule has 0 heterocycles. The van der Waals surface area contributed by atoms with Crippen LogP contribution in [0.2, 0.25) is 0 Å². The normalized spacial score (nSPS) is 11.1. The molecule has 2 rings (SSSR count). The first kappa shape index (κ1) is 20.8. The maximum atomic E-state index is 12.6.